The van der Waals surface area contributed by atoms with Gasteiger partial charge in [0.25, 0.3) is 0 Å². The van der Waals surface area contributed by atoms with Crippen molar-refractivity contribution in [1.29, 1.82) is 0 Å². The van der Waals surface area contributed by atoms with Crippen LogP contribution < -0.4 is 5.32 Å². The first-order chi connectivity index (χ1) is 10.7. The van der Waals surface area contributed by atoms with Crippen LogP contribution in [-0.2, 0) is 22.5 Å². The number of carbonyl (C=O) groups is 1. The second-order valence-corrected chi connectivity index (χ2v) is 6.55. The van der Waals surface area contributed by atoms with E-state index < -0.39 is 0 Å². The molecular weight excluding hydrogens is 276 g/mol. The average molecular weight is 302 g/mol. The van der Waals surface area contributed by atoms with E-state index in [1.165, 1.54) is 30.4 Å². The molecular formula is C18H26N2O2. The van der Waals surface area contributed by atoms with E-state index in [2.05, 4.69) is 41.4 Å². The molecule has 2 atom stereocenters. The Hall–Kier alpha value is -1.39. The van der Waals surface area contributed by atoms with Crippen LogP contribution in [0, 0.1) is 5.92 Å². The van der Waals surface area contributed by atoms with Gasteiger partial charge in [-0.2, -0.15) is 0 Å². The number of aryl methyl sites for hydroxylation is 1. The Kier molecular flexibility index (Phi) is 5.11. The highest BCUT2D eigenvalue weighted by Crippen LogP contribution is 2.17. The fourth-order valence-electron chi connectivity index (χ4n) is 3.30. The summed E-state index contributed by atoms with van der Waals surface area (Å²) >= 11 is 0. The molecule has 22 heavy (non-hydrogen) atoms. The van der Waals surface area contributed by atoms with Crippen molar-refractivity contribution >= 4 is 5.91 Å². The number of ether oxygens (including phenoxy) is 1. The van der Waals surface area contributed by atoms with E-state index in [-0.39, 0.29) is 17.9 Å². The van der Waals surface area contributed by atoms with Gasteiger partial charge in [-0.15, -0.1) is 0 Å². The molecule has 1 N–H and O–H groups in total. The third kappa shape index (κ3) is 3.87. The van der Waals surface area contributed by atoms with E-state index in [9.17, 15) is 4.79 Å². The topological polar surface area (TPSA) is 41.6 Å². The molecule has 4 nitrogen and oxygen atoms in total. The number of carbonyl (C=O) groups excluding carboxylic acids is 1. The Morgan fingerprint density at radius 3 is 2.73 bits per heavy atom. The fourth-order valence-corrected chi connectivity index (χ4v) is 3.30. The van der Waals surface area contributed by atoms with Crippen LogP contribution >= 0.6 is 0 Å². The minimum Gasteiger partial charge on any atom is -0.378 e. The summed E-state index contributed by atoms with van der Waals surface area (Å²) in [5, 5.41) is 3.08. The van der Waals surface area contributed by atoms with Crippen molar-refractivity contribution in [3.8, 4) is 0 Å². The largest absolute Gasteiger partial charge is 0.378 e. The zero-order valence-electron chi connectivity index (χ0n) is 13.4. The minimum absolute atomic E-state index is 0.0312. The van der Waals surface area contributed by atoms with Crippen molar-refractivity contribution in [1.82, 2.24) is 10.2 Å². The van der Waals surface area contributed by atoms with Gasteiger partial charge in [0.15, 0.2) is 0 Å². The summed E-state index contributed by atoms with van der Waals surface area (Å²) in [6, 6.07) is 9.09. The third-order valence-corrected chi connectivity index (χ3v) is 4.56. The molecule has 1 aromatic carbocycles. The van der Waals surface area contributed by atoms with Crippen molar-refractivity contribution in [2.75, 3.05) is 26.3 Å². The van der Waals surface area contributed by atoms with Gasteiger partial charge in [-0.3, -0.25) is 9.69 Å². The Labute approximate surface area is 132 Å². The third-order valence-electron chi connectivity index (χ3n) is 4.56. The van der Waals surface area contributed by atoms with Crippen LogP contribution in [0.15, 0.2) is 24.3 Å². The van der Waals surface area contributed by atoms with E-state index in [1.54, 1.807) is 0 Å². The number of hydrogen-bond acceptors (Lipinski definition) is 3. The summed E-state index contributed by atoms with van der Waals surface area (Å²) < 4.78 is 5.57. The van der Waals surface area contributed by atoms with Crippen LogP contribution in [0.1, 0.15) is 30.9 Å². The molecule has 2 aliphatic rings. The van der Waals surface area contributed by atoms with Crippen LogP contribution in [0.5, 0.6) is 0 Å². The summed E-state index contributed by atoms with van der Waals surface area (Å²) in [6.45, 7) is 5.99. The van der Waals surface area contributed by atoms with Gasteiger partial charge in [0.1, 0.15) is 0 Å². The van der Waals surface area contributed by atoms with E-state index in [0.29, 0.717) is 13.2 Å². The Morgan fingerprint density at radius 2 is 1.95 bits per heavy atom. The summed E-state index contributed by atoms with van der Waals surface area (Å²) in [6.07, 6.45) is 3.66. The van der Waals surface area contributed by atoms with Crippen molar-refractivity contribution in [2.45, 2.75) is 38.8 Å². The molecule has 2 bridgehead atoms. The van der Waals surface area contributed by atoms with Crippen molar-refractivity contribution in [3.05, 3.63) is 35.4 Å². The second kappa shape index (κ2) is 7.25. The normalized spacial score (nSPS) is 25.6. The number of hydrogen-bond donors (Lipinski definition) is 1. The van der Waals surface area contributed by atoms with Crippen molar-refractivity contribution in [2.24, 2.45) is 5.92 Å². The number of nitrogens with zero attached hydrogens (tertiary/aromatic N) is 1. The number of benzene rings is 1. The lowest BCUT2D eigenvalue weighted by Crippen LogP contribution is -2.41. The molecule has 2 fully saturated rings. The summed E-state index contributed by atoms with van der Waals surface area (Å²) in [7, 11) is 0. The maximum atomic E-state index is 12.0. The van der Waals surface area contributed by atoms with Gasteiger partial charge in [0.2, 0.25) is 5.91 Å². The summed E-state index contributed by atoms with van der Waals surface area (Å²) in [4.78, 5) is 14.4. The van der Waals surface area contributed by atoms with Gasteiger partial charge in [-0.1, -0.05) is 37.6 Å². The predicted molar refractivity (Wildman–Crippen MR) is 86.6 cm³/mol. The molecule has 120 valence electrons. The zero-order chi connectivity index (χ0) is 15.4. The molecule has 3 rings (SSSR count). The van der Waals surface area contributed by atoms with Gasteiger partial charge in [-0.05, 0) is 24.0 Å². The molecule has 0 aliphatic carbocycles. The smallest absolute Gasteiger partial charge is 0.227 e. The van der Waals surface area contributed by atoms with E-state index in [4.69, 9.17) is 4.74 Å². The lowest BCUT2D eigenvalue weighted by molar-refractivity contribution is -0.125. The molecule has 0 aromatic heterocycles. The zero-order valence-corrected chi connectivity index (χ0v) is 13.4. The first kappa shape index (κ1) is 15.5. The highest BCUT2D eigenvalue weighted by atomic mass is 16.5. The second-order valence-electron chi connectivity index (χ2n) is 6.55. The monoisotopic (exact) mass is 302 g/mol. The van der Waals surface area contributed by atoms with Crippen molar-refractivity contribution < 1.29 is 9.53 Å². The maximum Gasteiger partial charge on any atom is 0.227 e. The summed E-state index contributed by atoms with van der Waals surface area (Å²) in [5.74, 6) is 0.122. The summed E-state index contributed by atoms with van der Waals surface area (Å²) in [5.41, 5.74) is 2.75. The van der Waals surface area contributed by atoms with Crippen LogP contribution in [0.2, 0.25) is 0 Å². The van der Waals surface area contributed by atoms with Gasteiger partial charge >= 0.3 is 0 Å². The van der Waals surface area contributed by atoms with Gasteiger partial charge in [-0.25, -0.2) is 0 Å². The first-order valence-electron chi connectivity index (χ1n) is 8.43. The Morgan fingerprint density at radius 1 is 1.18 bits per heavy atom. The average Bonchev–Trinajstić information content (AvgIpc) is 2.75. The van der Waals surface area contributed by atoms with Gasteiger partial charge in [0.05, 0.1) is 25.2 Å². The van der Waals surface area contributed by atoms with E-state index >= 15 is 0 Å². The standard InChI is InChI=1S/C18H26N2O2/c1-2-3-4-14-5-7-15(8-6-14)9-20-10-16-12-22-13-17(11-20)19-18(16)21/h5-8,16-17H,2-4,9-13H2,1H3,(H,19,21)/t16-,17+/m1/s1. The van der Waals surface area contributed by atoms with Crippen LogP contribution in [-0.4, -0.2) is 43.2 Å². The van der Waals surface area contributed by atoms with E-state index in [1.807, 2.05) is 0 Å². The molecule has 0 saturated carbocycles. The number of amides is 1. The van der Waals surface area contributed by atoms with Crippen molar-refractivity contribution in [3.63, 3.8) is 0 Å². The molecule has 0 spiro atoms. The fraction of sp³-hybridized carbons (Fsp3) is 0.611. The molecule has 2 heterocycles. The number of fused-ring (bicyclic) bond motifs is 3. The SMILES string of the molecule is CCCCc1ccc(CN2C[C@H]3COC[C@@H](C2)C(=O)N3)cc1. The molecule has 0 unspecified atom stereocenters. The number of nitrogens with one attached hydrogen (secondary N) is 1. The van der Waals surface area contributed by atoms with Gasteiger partial charge in [0, 0.05) is 19.6 Å². The molecule has 4 heteroatoms. The quantitative estimate of drug-likeness (QED) is 0.904. The molecule has 1 aromatic rings. The lowest BCUT2D eigenvalue weighted by Gasteiger charge is -2.27. The van der Waals surface area contributed by atoms with E-state index in [0.717, 1.165) is 19.6 Å². The Bertz CT molecular complexity index is 500. The van der Waals surface area contributed by atoms with Crippen LogP contribution in [0.25, 0.3) is 0 Å². The minimum atomic E-state index is -0.0312. The van der Waals surface area contributed by atoms with Crippen LogP contribution in [0.3, 0.4) is 0 Å². The predicted octanol–water partition coefficient (Wildman–Crippen LogP) is 1.98. The maximum absolute atomic E-state index is 12.0. The molecule has 0 radical (unpaired) electrons. The number of rotatable bonds is 5. The molecule has 1 amide bonds. The lowest BCUT2D eigenvalue weighted by atomic mass is 10.1. The first-order valence-corrected chi connectivity index (χ1v) is 8.43. The highest BCUT2D eigenvalue weighted by molar-refractivity contribution is 5.79. The van der Waals surface area contributed by atoms with Crippen LogP contribution in [0.4, 0.5) is 0 Å². The molecule has 2 aliphatic heterocycles. The molecule has 2 saturated heterocycles. The highest BCUT2D eigenvalue weighted by Gasteiger charge is 2.32. The Balaban J connectivity index is 1.61. The van der Waals surface area contributed by atoms with Gasteiger partial charge < -0.3 is 10.1 Å². The number of unbranched alkanes of at least 4 members (excludes halogenated alkanes) is 1.